The van der Waals surface area contributed by atoms with Gasteiger partial charge in [-0.3, -0.25) is 4.79 Å². The highest BCUT2D eigenvalue weighted by Gasteiger charge is 2.09. The van der Waals surface area contributed by atoms with E-state index in [1.54, 1.807) is 7.05 Å². The summed E-state index contributed by atoms with van der Waals surface area (Å²) in [6.45, 7) is 0. The molecular weight excluding hydrogens is 234 g/mol. The monoisotopic (exact) mass is 243 g/mol. The van der Waals surface area contributed by atoms with Gasteiger partial charge in [-0.2, -0.15) is 0 Å². The molecule has 0 aliphatic rings. The Morgan fingerprint density at radius 2 is 2.00 bits per heavy atom. The van der Waals surface area contributed by atoms with E-state index in [4.69, 9.17) is 0 Å². The van der Waals surface area contributed by atoms with E-state index in [1.165, 1.54) is 16.0 Å². The lowest BCUT2D eigenvalue weighted by Gasteiger charge is -1.93. The fraction of sp³-hybridized carbons (Fsp3) is 0.0833. The minimum atomic E-state index is -0.103. The van der Waals surface area contributed by atoms with Crippen molar-refractivity contribution in [3.05, 3.63) is 46.8 Å². The van der Waals surface area contributed by atoms with E-state index in [1.807, 2.05) is 36.4 Å². The van der Waals surface area contributed by atoms with Crippen LogP contribution in [-0.2, 0) is 7.05 Å². The molecule has 3 rings (SSSR count). The number of thiophene rings is 1. The third-order valence-electron chi connectivity index (χ3n) is 2.56. The summed E-state index contributed by atoms with van der Waals surface area (Å²) in [5.41, 5.74) is 0.992. The van der Waals surface area contributed by atoms with Crippen molar-refractivity contribution < 1.29 is 0 Å². The van der Waals surface area contributed by atoms with Crippen molar-refractivity contribution in [3.63, 3.8) is 0 Å². The fourth-order valence-corrected chi connectivity index (χ4v) is 2.65. The molecule has 0 N–H and O–H groups in total. The van der Waals surface area contributed by atoms with Crippen LogP contribution in [0.25, 0.3) is 20.7 Å². The molecule has 1 aromatic carbocycles. The van der Waals surface area contributed by atoms with Crippen molar-refractivity contribution >= 4 is 21.6 Å². The van der Waals surface area contributed by atoms with Gasteiger partial charge in [0.1, 0.15) is 0 Å². The highest BCUT2D eigenvalue weighted by atomic mass is 32.1. The highest BCUT2D eigenvalue weighted by molar-refractivity contribution is 7.21. The van der Waals surface area contributed by atoms with Gasteiger partial charge in [0, 0.05) is 11.9 Å². The minimum absolute atomic E-state index is 0.103. The molecule has 0 saturated carbocycles. The number of fused-ring (bicyclic) bond motifs is 1. The van der Waals surface area contributed by atoms with Crippen LogP contribution in [0, 0.1) is 0 Å². The van der Waals surface area contributed by atoms with E-state index in [0.29, 0.717) is 10.2 Å². The first-order chi connectivity index (χ1) is 8.25. The third kappa shape index (κ3) is 1.64. The molecule has 17 heavy (non-hydrogen) atoms. The largest absolute Gasteiger partial charge is 0.278 e. The molecule has 0 bridgehead atoms. The Bertz CT molecular complexity index is 730. The first-order valence-corrected chi connectivity index (χ1v) is 5.96. The number of aromatic nitrogens is 3. The zero-order chi connectivity index (χ0) is 11.8. The van der Waals surface area contributed by atoms with Gasteiger partial charge in [0.25, 0.3) is 5.56 Å². The maximum atomic E-state index is 11.8. The Kier molecular flexibility index (Phi) is 2.26. The summed E-state index contributed by atoms with van der Waals surface area (Å²) < 4.78 is 1.25. The summed E-state index contributed by atoms with van der Waals surface area (Å²) in [6.07, 6.45) is 0. The number of nitrogens with zero attached hydrogens (tertiary/aromatic N) is 3. The molecule has 0 radical (unpaired) electrons. The van der Waals surface area contributed by atoms with Crippen LogP contribution in [0.2, 0.25) is 0 Å². The molecule has 0 spiro atoms. The number of benzene rings is 1. The van der Waals surface area contributed by atoms with Crippen molar-refractivity contribution in [1.82, 2.24) is 15.0 Å². The van der Waals surface area contributed by atoms with Gasteiger partial charge < -0.3 is 0 Å². The highest BCUT2D eigenvalue weighted by Crippen LogP contribution is 2.30. The van der Waals surface area contributed by atoms with Crippen LogP contribution in [0.4, 0.5) is 0 Å². The van der Waals surface area contributed by atoms with Gasteiger partial charge >= 0.3 is 0 Å². The predicted octanol–water partition coefficient (Wildman–Crippen LogP) is 2.06. The van der Waals surface area contributed by atoms with Gasteiger partial charge in [-0.05, 0) is 11.6 Å². The first kappa shape index (κ1) is 10.2. The van der Waals surface area contributed by atoms with E-state index >= 15 is 0 Å². The van der Waals surface area contributed by atoms with E-state index in [9.17, 15) is 4.79 Å². The molecule has 2 aromatic heterocycles. The smallest absolute Gasteiger partial charge is 0.267 e. The summed E-state index contributed by atoms with van der Waals surface area (Å²) in [7, 11) is 1.61. The van der Waals surface area contributed by atoms with Gasteiger partial charge in [0.2, 0.25) is 0 Å². The van der Waals surface area contributed by atoms with Gasteiger partial charge in [-0.1, -0.05) is 35.5 Å². The summed E-state index contributed by atoms with van der Waals surface area (Å²) >= 11 is 1.49. The average molecular weight is 243 g/mol. The minimum Gasteiger partial charge on any atom is -0.267 e. The van der Waals surface area contributed by atoms with Gasteiger partial charge in [0.15, 0.2) is 4.83 Å². The van der Waals surface area contributed by atoms with Crippen molar-refractivity contribution in [2.45, 2.75) is 0 Å². The molecule has 5 heteroatoms. The predicted molar refractivity (Wildman–Crippen MR) is 68.1 cm³/mol. The van der Waals surface area contributed by atoms with E-state index in [2.05, 4.69) is 10.3 Å². The molecule has 2 heterocycles. The summed E-state index contributed by atoms with van der Waals surface area (Å²) in [4.78, 5) is 13.6. The molecule has 0 fully saturated rings. The van der Waals surface area contributed by atoms with E-state index < -0.39 is 0 Å². The van der Waals surface area contributed by atoms with Crippen LogP contribution in [0.15, 0.2) is 41.2 Å². The van der Waals surface area contributed by atoms with Crippen molar-refractivity contribution in [2.24, 2.45) is 7.05 Å². The standard InChI is InChI=1S/C12H9N3OS/c1-15-12(16)9-7-10(17-11(9)13-14-15)8-5-3-2-4-6-8/h2-7H,1H3. The quantitative estimate of drug-likeness (QED) is 0.657. The molecular formula is C12H9N3OS. The Hall–Kier alpha value is -2.01. The molecule has 0 amide bonds. The molecule has 3 aromatic rings. The summed E-state index contributed by atoms with van der Waals surface area (Å²) in [5, 5.41) is 8.43. The molecule has 0 atom stereocenters. The molecule has 0 saturated heterocycles. The van der Waals surface area contributed by atoms with Crippen LogP contribution < -0.4 is 5.56 Å². The zero-order valence-corrected chi connectivity index (χ0v) is 9.94. The lowest BCUT2D eigenvalue weighted by Crippen LogP contribution is -2.19. The van der Waals surface area contributed by atoms with Crippen molar-refractivity contribution in [1.29, 1.82) is 0 Å². The fourth-order valence-electron chi connectivity index (χ4n) is 1.68. The Labute approximate surface area is 101 Å². The van der Waals surface area contributed by atoms with Gasteiger partial charge in [-0.25, -0.2) is 4.68 Å². The SMILES string of the molecule is Cn1nnc2sc(-c3ccccc3)cc2c1=O. The van der Waals surface area contributed by atoms with Crippen LogP contribution in [0.5, 0.6) is 0 Å². The molecule has 0 aliphatic carbocycles. The molecule has 4 nitrogen and oxygen atoms in total. The lowest BCUT2D eigenvalue weighted by molar-refractivity contribution is 0.658. The Morgan fingerprint density at radius 3 is 2.76 bits per heavy atom. The van der Waals surface area contributed by atoms with E-state index in [-0.39, 0.29) is 5.56 Å². The average Bonchev–Trinajstić information content (AvgIpc) is 2.80. The van der Waals surface area contributed by atoms with Crippen LogP contribution in [0.1, 0.15) is 0 Å². The second-order valence-corrected chi connectivity index (χ2v) is 4.74. The third-order valence-corrected chi connectivity index (χ3v) is 3.63. The number of rotatable bonds is 1. The van der Waals surface area contributed by atoms with Crippen molar-refractivity contribution in [3.8, 4) is 10.4 Å². The normalized spacial score (nSPS) is 10.9. The first-order valence-electron chi connectivity index (χ1n) is 5.14. The van der Waals surface area contributed by atoms with Gasteiger partial charge in [0.05, 0.1) is 5.39 Å². The summed E-state index contributed by atoms with van der Waals surface area (Å²) in [6, 6.07) is 11.8. The number of hydrogen-bond acceptors (Lipinski definition) is 4. The number of aryl methyl sites for hydroxylation is 1. The Morgan fingerprint density at radius 1 is 1.24 bits per heavy atom. The zero-order valence-electron chi connectivity index (χ0n) is 9.12. The van der Waals surface area contributed by atoms with E-state index in [0.717, 1.165) is 10.4 Å². The topological polar surface area (TPSA) is 47.8 Å². The second-order valence-electron chi connectivity index (χ2n) is 3.71. The van der Waals surface area contributed by atoms with Crippen molar-refractivity contribution in [2.75, 3.05) is 0 Å². The number of hydrogen-bond donors (Lipinski definition) is 0. The molecule has 84 valence electrons. The maximum Gasteiger partial charge on any atom is 0.278 e. The van der Waals surface area contributed by atoms with Crippen LogP contribution >= 0.6 is 11.3 Å². The second kappa shape index (κ2) is 3.78. The summed E-state index contributed by atoms with van der Waals surface area (Å²) in [5.74, 6) is 0. The maximum absolute atomic E-state index is 11.8. The Balaban J connectivity index is 2.28. The van der Waals surface area contributed by atoms with Gasteiger partial charge in [-0.15, -0.1) is 16.4 Å². The van der Waals surface area contributed by atoms with Crippen LogP contribution in [-0.4, -0.2) is 15.0 Å². The molecule has 0 unspecified atom stereocenters. The van der Waals surface area contributed by atoms with Crippen LogP contribution in [0.3, 0.4) is 0 Å². The lowest BCUT2D eigenvalue weighted by atomic mass is 10.2. The molecule has 0 aliphatic heterocycles.